The van der Waals surface area contributed by atoms with E-state index < -0.39 is 0 Å². The van der Waals surface area contributed by atoms with Crippen LogP contribution >= 0.6 is 0 Å². The number of hydrogen-bond donors (Lipinski definition) is 0. The number of rotatable bonds is 0. The highest BCUT2D eigenvalue weighted by molar-refractivity contribution is 5.70. The second-order valence-electron chi connectivity index (χ2n) is 7.75. The van der Waals surface area contributed by atoms with E-state index in [-0.39, 0.29) is 102 Å². The van der Waals surface area contributed by atoms with Gasteiger partial charge in [-0.1, -0.05) is 0 Å². The normalized spacial score (nSPS) is 22.0. The molecule has 0 aromatic rings. The van der Waals surface area contributed by atoms with Crippen LogP contribution in [-0.2, 0) is 57.1 Å². The molecule has 0 atom stereocenters. The molecule has 0 radical (unpaired) electrons. The molecule has 0 saturated carbocycles. The van der Waals surface area contributed by atoms with Crippen molar-refractivity contribution in [2.45, 2.75) is 51.4 Å². The molecule has 0 aliphatic carbocycles. The molecule has 0 spiro atoms. The molecule has 0 aromatic heterocycles. The van der Waals surface area contributed by atoms with Crippen LogP contribution in [-0.4, -0.2) is 103 Å². The monoisotopic (exact) mass is 520 g/mol. The van der Waals surface area contributed by atoms with Crippen molar-refractivity contribution in [1.29, 1.82) is 0 Å². The Morgan fingerprint density at radius 1 is 0.306 bits per heavy atom. The summed E-state index contributed by atoms with van der Waals surface area (Å²) in [5.41, 5.74) is 0. The fraction of sp³-hybridized carbons (Fsp3) is 0.833. The number of carbonyl (C=O) groups is 4. The average Bonchev–Trinajstić information content (AvgIpc) is 2.85. The molecule has 0 aromatic carbocycles. The molecule has 1 aliphatic rings. The van der Waals surface area contributed by atoms with E-state index in [2.05, 4.69) is 0 Å². The minimum atomic E-state index is -0.377. The molecular formula is C24H40O12. The lowest BCUT2D eigenvalue weighted by molar-refractivity contribution is -0.149. The van der Waals surface area contributed by atoms with Gasteiger partial charge in [0.15, 0.2) is 0 Å². The fourth-order valence-corrected chi connectivity index (χ4v) is 2.71. The summed E-state index contributed by atoms with van der Waals surface area (Å²) in [5.74, 6) is -1.51. The van der Waals surface area contributed by atoms with Crippen LogP contribution in [0.25, 0.3) is 0 Å². The zero-order valence-electron chi connectivity index (χ0n) is 21.0. The van der Waals surface area contributed by atoms with Crippen LogP contribution in [0.4, 0.5) is 0 Å². The van der Waals surface area contributed by atoms with Gasteiger partial charge in [-0.2, -0.15) is 0 Å². The molecule has 0 unspecified atom stereocenters. The summed E-state index contributed by atoms with van der Waals surface area (Å²) in [7, 11) is 0. The fourth-order valence-electron chi connectivity index (χ4n) is 2.71. The van der Waals surface area contributed by atoms with Gasteiger partial charge in [0.2, 0.25) is 0 Å². The van der Waals surface area contributed by atoms with Gasteiger partial charge in [-0.15, -0.1) is 0 Å². The van der Waals surface area contributed by atoms with Crippen LogP contribution in [0.2, 0.25) is 0 Å². The van der Waals surface area contributed by atoms with E-state index in [0.29, 0.717) is 52.1 Å². The highest BCUT2D eigenvalue weighted by atomic mass is 16.6. The highest BCUT2D eigenvalue weighted by Crippen LogP contribution is 1.98. The van der Waals surface area contributed by atoms with Gasteiger partial charge in [-0.05, 0) is 12.8 Å². The zero-order valence-corrected chi connectivity index (χ0v) is 21.0. The summed E-state index contributed by atoms with van der Waals surface area (Å²) < 4.78 is 41.7. The number of hydrogen-bond acceptors (Lipinski definition) is 12. The van der Waals surface area contributed by atoms with Crippen molar-refractivity contribution in [1.82, 2.24) is 0 Å². The molecule has 1 saturated heterocycles. The van der Waals surface area contributed by atoms with Crippen molar-refractivity contribution < 1.29 is 57.1 Å². The molecule has 1 aliphatic heterocycles. The van der Waals surface area contributed by atoms with Gasteiger partial charge in [0, 0.05) is 39.3 Å². The molecule has 0 N–H and O–H groups in total. The third-order valence-corrected chi connectivity index (χ3v) is 4.59. The summed E-state index contributed by atoms with van der Waals surface area (Å²) in [6.45, 7) is 3.28. The molecule has 0 amide bonds. The van der Waals surface area contributed by atoms with Gasteiger partial charge < -0.3 is 37.9 Å². The van der Waals surface area contributed by atoms with Crippen molar-refractivity contribution in [2.75, 3.05) is 79.3 Å². The lowest BCUT2D eigenvalue weighted by Crippen LogP contribution is -2.14. The van der Waals surface area contributed by atoms with E-state index >= 15 is 0 Å². The van der Waals surface area contributed by atoms with E-state index in [4.69, 9.17) is 37.9 Å². The molecule has 36 heavy (non-hydrogen) atoms. The van der Waals surface area contributed by atoms with E-state index in [9.17, 15) is 19.2 Å². The minimum absolute atomic E-state index is 0.133. The van der Waals surface area contributed by atoms with Crippen molar-refractivity contribution in [3.8, 4) is 0 Å². The number of cyclic esters (lactones) is 4. The first-order valence-electron chi connectivity index (χ1n) is 12.5. The van der Waals surface area contributed by atoms with E-state index in [1.807, 2.05) is 0 Å². The summed E-state index contributed by atoms with van der Waals surface area (Å²) in [6, 6.07) is 0. The lowest BCUT2D eigenvalue weighted by Gasteiger charge is -2.09. The first-order chi connectivity index (χ1) is 17.6. The molecule has 208 valence electrons. The predicted octanol–water partition coefficient (Wildman–Crippen LogP) is 1.36. The summed E-state index contributed by atoms with van der Waals surface area (Å²) in [5, 5.41) is 0. The molecule has 1 fully saturated rings. The second-order valence-corrected chi connectivity index (χ2v) is 7.75. The largest absolute Gasteiger partial charge is 0.465 e. The van der Waals surface area contributed by atoms with Crippen molar-refractivity contribution >= 4 is 23.9 Å². The second kappa shape index (κ2) is 23.1. The number of ether oxygens (including phenoxy) is 8. The van der Waals surface area contributed by atoms with Gasteiger partial charge in [-0.3, -0.25) is 19.2 Å². The Morgan fingerprint density at radius 3 is 0.778 bits per heavy atom. The predicted molar refractivity (Wildman–Crippen MR) is 124 cm³/mol. The minimum Gasteiger partial charge on any atom is -0.465 e. The van der Waals surface area contributed by atoms with Crippen LogP contribution in [0.1, 0.15) is 51.4 Å². The molecular weight excluding hydrogens is 480 g/mol. The maximum atomic E-state index is 11.7. The Kier molecular flexibility index (Phi) is 20.4. The van der Waals surface area contributed by atoms with Crippen LogP contribution < -0.4 is 0 Å². The topological polar surface area (TPSA) is 142 Å². The maximum absolute atomic E-state index is 11.7. The van der Waals surface area contributed by atoms with Crippen molar-refractivity contribution in [3.05, 3.63) is 0 Å². The SMILES string of the molecule is O=C1CCOCCCOCCC(=O)OCCCOC(=O)CCOCCCOCCC(=O)OCCCO1. The van der Waals surface area contributed by atoms with Crippen molar-refractivity contribution in [3.63, 3.8) is 0 Å². The molecule has 12 heteroatoms. The lowest BCUT2D eigenvalue weighted by atomic mass is 10.4. The summed E-state index contributed by atoms with van der Waals surface area (Å²) in [6.07, 6.45) is 2.60. The van der Waals surface area contributed by atoms with Crippen molar-refractivity contribution in [2.24, 2.45) is 0 Å². The zero-order chi connectivity index (χ0) is 26.1. The number of carbonyl (C=O) groups excluding carboxylic acids is 4. The van der Waals surface area contributed by atoms with Crippen LogP contribution in [0.15, 0.2) is 0 Å². The Hall–Kier alpha value is -2.28. The Bertz CT molecular complexity index is 510. The molecule has 12 nitrogen and oxygen atoms in total. The first kappa shape index (κ1) is 31.7. The molecule has 1 rings (SSSR count). The highest BCUT2D eigenvalue weighted by Gasteiger charge is 2.07. The van der Waals surface area contributed by atoms with E-state index in [0.717, 1.165) is 0 Å². The van der Waals surface area contributed by atoms with Gasteiger partial charge in [-0.25, -0.2) is 0 Å². The van der Waals surface area contributed by atoms with Gasteiger partial charge in [0.25, 0.3) is 0 Å². The number of esters is 4. The van der Waals surface area contributed by atoms with Crippen LogP contribution in [0, 0.1) is 0 Å². The summed E-state index contributed by atoms with van der Waals surface area (Å²) in [4.78, 5) is 46.6. The van der Waals surface area contributed by atoms with Crippen LogP contribution in [0.5, 0.6) is 0 Å². The average molecular weight is 521 g/mol. The third kappa shape index (κ3) is 21.0. The maximum Gasteiger partial charge on any atom is 0.308 e. The van der Waals surface area contributed by atoms with Gasteiger partial charge in [0.05, 0.1) is 78.5 Å². The smallest absolute Gasteiger partial charge is 0.308 e. The van der Waals surface area contributed by atoms with E-state index in [1.54, 1.807) is 0 Å². The van der Waals surface area contributed by atoms with E-state index in [1.165, 1.54) is 0 Å². The quantitative estimate of drug-likeness (QED) is 0.336. The first-order valence-corrected chi connectivity index (χ1v) is 12.5. The third-order valence-electron chi connectivity index (χ3n) is 4.59. The molecule has 1 heterocycles. The standard InChI is InChI=1S/C24H40O12/c25-21-5-17-29-9-1-10-30-18-6-22(26)34-14-4-16-36-24(28)8-20-32-12-2-11-31-19-7-23(27)35-15-3-13-33-21/h1-20H2. The van der Waals surface area contributed by atoms with Gasteiger partial charge in [0.1, 0.15) is 0 Å². The van der Waals surface area contributed by atoms with Crippen LogP contribution in [0.3, 0.4) is 0 Å². The summed E-state index contributed by atoms with van der Waals surface area (Å²) >= 11 is 0. The van der Waals surface area contributed by atoms with Gasteiger partial charge >= 0.3 is 23.9 Å². The Labute approximate surface area is 212 Å². The molecule has 0 bridgehead atoms. The Morgan fingerprint density at radius 2 is 0.528 bits per heavy atom. The Balaban J connectivity index is 2.23.